The maximum absolute atomic E-state index is 11.6. The summed E-state index contributed by atoms with van der Waals surface area (Å²) in [6.45, 7) is 0.972. The van der Waals surface area contributed by atoms with Gasteiger partial charge in [-0.2, -0.15) is 0 Å². The minimum Gasteiger partial charge on any atom is -0.450 e. The predicted octanol–water partition coefficient (Wildman–Crippen LogP) is 2.72. The van der Waals surface area contributed by atoms with Crippen molar-refractivity contribution in [1.82, 2.24) is 10.6 Å². The molecule has 17 heteroatoms. The molecule has 220 valence electrons. The molecular formula is C23H36N10O7. The molecule has 0 aromatic heterocycles. The van der Waals surface area contributed by atoms with Crippen LogP contribution in [0.3, 0.4) is 0 Å². The zero-order valence-corrected chi connectivity index (χ0v) is 22.8. The molecule has 0 radical (unpaired) electrons. The van der Waals surface area contributed by atoms with E-state index < -0.39 is 25.1 Å². The van der Waals surface area contributed by atoms with Crippen LogP contribution in [0.1, 0.15) is 38.5 Å². The zero-order chi connectivity index (χ0) is 29.4. The average molecular weight is 565 g/mol. The van der Waals surface area contributed by atoms with Gasteiger partial charge in [0, 0.05) is 27.2 Å². The Morgan fingerprint density at radius 2 is 1.20 bits per heavy atom. The molecule has 2 amide bonds. The van der Waals surface area contributed by atoms with E-state index in [-0.39, 0.29) is 33.2 Å². The maximum atomic E-state index is 11.6. The lowest BCUT2D eigenvalue weighted by Crippen LogP contribution is -2.27. The second-order valence-electron chi connectivity index (χ2n) is 7.11. The summed E-state index contributed by atoms with van der Waals surface area (Å²) in [7, 11) is 3.10. The van der Waals surface area contributed by atoms with Crippen LogP contribution in [0, 0.1) is 0 Å². The molecule has 0 saturated heterocycles. The number of rotatable bonds is 20. The monoisotopic (exact) mass is 564 g/mol. The Balaban J connectivity index is 3.56. The molecule has 0 spiro atoms. The lowest BCUT2D eigenvalue weighted by molar-refractivity contribution is -0.0150. The van der Waals surface area contributed by atoms with Crippen LogP contribution in [0.4, 0.5) is 14.4 Å². The highest BCUT2D eigenvalue weighted by atomic mass is 16.8. The fraction of sp³-hybridized carbons (Fsp3) is 0.696. The van der Waals surface area contributed by atoms with Gasteiger partial charge in [-0.1, -0.05) is 0 Å². The topological polar surface area (TPSA) is 211 Å². The summed E-state index contributed by atoms with van der Waals surface area (Å²) in [6.07, 6.45) is 1.86. The molecule has 0 heterocycles. The lowest BCUT2D eigenvalue weighted by Gasteiger charge is -2.08. The van der Waals surface area contributed by atoms with Crippen molar-refractivity contribution in [2.75, 3.05) is 67.2 Å². The van der Waals surface area contributed by atoms with Gasteiger partial charge < -0.3 is 29.6 Å². The van der Waals surface area contributed by atoms with Crippen molar-refractivity contribution in [3.63, 3.8) is 0 Å². The number of alkyl carbamates (subject to hydrolysis) is 2. The first kappa shape index (κ1) is 35.3. The number of hydrogen-bond acceptors (Lipinski definition) is 15. The van der Waals surface area contributed by atoms with E-state index in [2.05, 4.69) is 79.3 Å². The molecule has 40 heavy (non-hydrogen) atoms. The van der Waals surface area contributed by atoms with Gasteiger partial charge in [-0.3, -0.25) is 0 Å². The first-order chi connectivity index (χ1) is 19.6. The molecule has 0 unspecified atom stereocenters. The smallest absolute Gasteiger partial charge is 0.450 e. The van der Waals surface area contributed by atoms with Gasteiger partial charge in [0.15, 0.2) is 13.3 Å². The average Bonchev–Trinajstić information content (AvgIpc) is 2.94. The second-order valence-corrected chi connectivity index (χ2v) is 7.11. The van der Waals surface area contributed by atoms with Crippen LogP contribution < -0.4 is 10.6 Å². The number of carbonyl (C=O) groups excluding carboxylic acids is 3. The number of unbranched alkanes of at least 4 members (excludes halogenated alkanes) is 4. The minimum atomic E-state index is -0.952. The molecular weight excluding hydrogens is 528 g/mol. The number of nitrogens with one attached hydrogen (secondary N) is 2. The van der Waals surface area contributed by atoms with Crippen molar-refractivity contribution < 1.29 is 33.3 Å². The Kier molecular flexibility index (Phi) is 25.5. The highest BCUT2D eigenvalue weighted by Gasteiger charge is 2.07. The Hall–Kier alpha value is -4.67. The number of ether oxygens (including phenoxy) is 4. The van der Waals surface area contributed by atoms with E-state index in [9.17, 15) is 14.4 Å². The molecule has 0 aliphatic heterocycles. The fourth-order valence-electron chi connectivity index (χ4n) is 2.29. The minimum absolute atomic E-state index is 0.0323. The molecule has 0 fully saturated rings. The predicted molar refractivity (Wildman–Crippen MR) is 145 cm³/mol. The first-order valence-electron chi connectivity index (χ1n) is 12.4. The quantitative estimate of drug-likeness (QED) is 0.0741. The van der Waals surface area contributed by atoms with Gasteiger partial charge in [0.2, 0.25) is 6.79 Å². The molecule has 0 bridgehead atoms. The van der Waals surface area contributed by atoms with E-state index in [1.807, 2.05) is 0 Å². The molecule has 0 aliphatic rings. The summed E-state index contributed by atoms with van der Waals surface area (Å²) < 4.78 is 19.2. The van der Waals surface area contributed by atoms with Crippen LogP contribution in [0.15, 0.2) is 39.9 Å². The van der Waals surface area contributed by atoms with Gasteiger partial charge >= 0.3 is 18.3 Å². The van der Waals surface area contributed by atoms with Gasteiger partial charge in [-0.05, 0) is 38.5 Å². The van der Waals surface area contributed by atoms with E-state index >= 15 is 0 Å². The summed E-state index contributed by atoms with van der Waals surface area (Å²) in [5.41, 5.74) is 0. The van der Waals surface area contributed by atoms with Crippen LogP contribution in [-0.4, -0.2) is 110 Å². The van der Waals surface area contributed by atoms with Crippen molar-refractivity contribution in [3.05, 3.63) is 0 Å². The Bertz CT molecular complexity index is 976. The molecule has 0 aromatic rings. The van der Waals surface area contributed by atoms with E-state index in [4.69, 9.17) is 14.2 Å². The van der Waals surface area contributed by atoms with Crippen LogP contribution in [0.25, 0.3) is 0 Å². The second kappa shape index (κ2) is 28.9. The standard InChI is InChI=1S/C23H36N10O7/c1-24-13-27-16-29-15-26-9-5-3-6-10-32-21(34)39-20-40-23(36)38-12-8-4-7-11-37-22(35)33-19-31-18-30-17-28-14-25-2/h3-12,16-17,19-20H2,1-2H3,(H,32,34)(H,33,35). The number of aliphatic imine (C=N–C) groups is 8. The highest BCUT2D eigenvalue weighted by Crippen LogP contribution is 1.99. The summed E-state index contributed by atoms with van der Waals surface area (Å²) in [5.74, 6) is 0. The Morgan fingerprint density at radius 1 is 0.600 bits per heavy atom. The number of hydrogen-bond donors (Lipinski definition) is 2. The first-order valence-corrected chi connectivity index (χ1v) is 12.4. The van der Waals surface area contributed by atoms with Gasteiger partial charge in [0.05, 0.1) is 37.2 Å². The Morgan fingerprint density at radius 3 is 1.90 bits per heavy atom. The van der Waals surface area contributed by atoms with E-state index in [1.165, 1.54) is 7.05 Å². The van der Waals surface area contributed by atoms with E-state index in [1.54, 1.807) is 7.05 Å². The molecule has 17 nitrogen and oxygen atoms in total. The van der Waals surface area contributed by atoms with Crippen LogP contribution >= 0.6 is 0 Å². The van der Waals surface area contributed by atoms with Gasteiger partial charge in [0.25, 0.3) is 0 Å². The molecule has 0 rings (SSSR count). The van der Waals surface area contributed by atoms with Crippen molar-refractivity contribution in [3.8, 4) is 0 Å². The number of nitrogens with zero attached hydrogens (tertiary/aromatic N) is 8. The zero-order valence-electron chi connectivity index (χ0n) is 22.8. The highest BCUT2D eigenvalue weighted by molar-refractivity contribution is 5.67. The third-order valence-electron chi connectivity index (χ3n) is 4.03. The van der Waals surface area contributed by atoms with Crippen LogP contribution in [0.5, 0.6) is 0 Å². The summed E-state index contributed by atoms with van der Waals surface area (Å²) in [5, 5.41) is 4.95. The summed E-state index contributed by atoms with van der Waals surface area (Å²) in [6, 6.07) is 9.65. The van der Waals surface area contributed by atoms with E-state index in [0.29, 0.717) is 32.4 Å². The third-order valence-corrected chi connectivity index (χ3v) is 4.03. The van der Waals surface area contributed by atoms with Crippen molar-refractivity contribution in [2.45, 2.75) is 38.5 Å². The Labute approximate surface area is 232 Å². The maximum Gasteiger partial charge on any atom is 0.511 e. The molecule has 0 atom stereocenters. The molecule has 0 saturated carbocycles. The van der Waals surface area contributed by atoms with Crippen molar-refractivity contribution >= 4 is 42.4 Å². The van der Waals surface area contributed by atoms with Crippen molar-refractivity contribution in [2.24, 2.45) is 39.9 Å². The SMILES string of the molecule is CN=C=NCN=C=NCCCCCNC(=O)OCOC(=O)OCCCCCOC(=O)NCN=C=NCN=C=NC. The van der Waals surface area contributed by atoms with Gasteiger partial charge in [-0.15, -0.1) is 0 Å². The number of carbonyl (C=O) groups is 3. The normalized spacial score (nSPS) is 9.05. The number of amides is 2. The molecule has 0 aromatic carbocycles. The third kappa shape index (κ3) is 27.9. The van der Waals surface area contributed by atoms with Crippen LogP contribution in [-0.2, 0) is 18.9 Å². The lowest BCUT2D eigenvalue weighted by atomic mass is 10.2. The summed E-state index contributed by atoms with van der Waals surface area (Å²) in [4.78, 5) is 64.2. The van der Waals surface area contributed by atoms with E-state index in [0.717, 1.165) is 19.3 Å². The van der Waals surface area contributed by atoms with Crippen LogP contribution in [0.2, 0.25) is 0 Å². The fourth-order valence-corrected chi connectivity index (χ4v) is 2.29. The molecule has 0 aliphatic carbocycles. The van der Waals surface area contributed by atoms with Gasteiger partial charge in [0.1, 0.15) is 6.67 Å². The summed E-state index contributed by atoms with van der Waals surface area (Å²) >= 11 is 0. The van der Waals surface area contributed by atoms with Gasteiger partial charge in [-0.25, -0.2) is 54.3 Å². The molecule has 2 N–H and O–H groups in total. The largest absolute Gasteiger partial charge is 0.511 e. The van der Waals surface area contributed by atoms with Crippen molar-refractivity contribution in [1.29, 1.82) is 0 Å².